The third kappa shape index (κ3) is 3.72. The van der Waals surface area contributed by atoms with Crippen molar-refractivity contribution in [2.45, 2.75) is 76.8 Å². The molecule has 1 amide bonds. The largest absolute Gasteiger partial charge is 0.350 e. The number of nitrogens with zero attached hydrogens (tertiary/aromatic N) is 9. The second kappa shape index (κ2) is 8.57. The molecule has 6 heterocycles. The standard InChI is InChI=1S/C26H35N9O3S/c1-7-35-19-10-20(27-11-18(19)30-31-35)34-14-25(4,5)21-22(28-15-29-23(21)34)32-12-17(3)33(13-16(32)2)24(36)26(6)8-9-39(26,37)38/h10-11,15-17H,7-9,12-14H2,1-6H3/t16-,17+,26?/m0/s1. The van der Waals surface area contributed by atoms with Gasteiger partial charge >= 0.3 is 0 Å². The van der Waals surface area contributed by atoms with Gasteiger partial charge in [0.2, 0.25) is 5.91 Å². The Balaban J connectivity index is 1.33. The lowest BCUT2D eigenvalue weighted by molar-refractivity contribution is -0.137. The number of amides is 1. The topological polar surface area (TPSA) is 130 Å². The number of rotatable bonds is 4. The summed E-state index contributed by atoms with van der Waals surface area (Å²) in [7, 11) is -3.39. The molecule has 3 aliphatic heterocycles. The molecular weight excluding hydrogens is 518 g/mol. The Bertz CT molecular complexity index is 1590. The summed E-state index contributed by atoms with van der Waals surface area (Å²) in [6.45, 7) is 14.4. The highest BCUT2D eigenvalue weighted by Gasteiger charge is 2.57. The smallest absolute Gasteiger partial charge is 0.244 e. The summed E-state index contributed by atoms with van der Waals surface area (Å²) in [6.07, 6.45) is 3.73. The quantitative estimate of drug-likeness (QED) is 0.473. The molecule has 0 aliphatic carbocycles. The van der Waals surface area contributed by atoms with Crippen LogP contribution in [0.25, 0.3) is 11.0 Å². The number of piperazine rings is 1. The number of pyridine rings is 1. The van der Waals surface area contributed by atoms with Gasteiger partial charge in [0, 0.05) is 55.3 Å². The van der Waals surface area contributed by atoms with E-state index in [2.05, 4.69) is 40.9 Å². The summed E-state index contributed by atoms with van der Waals surface area (Å²) in [5.74, 6) is 2.25. The van der Waals surface area contributed by atoms with E-state index in [9.17, 15) is 13.2 Å². The fourth-order valence-corrected chi connectivity index (χ4v) is 7.73. The molecule has 208 valence electrons. The molecule has 0 bridgehead atoms. The summed E-state index contributed by atoms with van der Waals surface area (Å²) in [5.41, 5.74) is 2.45. The highest BCUT2D eigenvalue weighted by atomic mass is 32.2. The van der Waals surface area contributed by atoms with Crippen molar-refractivity contribution in [3.63, 3.8) is 0 Å². The zero-order valence-corrected chi connectivity index (χ0v) is 24.1. The van der Waals surface area contributed by atoms with Gasteiger partial charge in [0.1, 0.15) is 34.0 Å². The molecule has 0 spiro atoms. The van der Waals surface area contributed by atoms with Crippen LogP contribution in [0.4, 0.5) is 17.5 Å². The van der Waals surface area contributed by atoms with Crippen LogP contribution in [0.15, 0.2) is 18.6 Å². The Morgan fingerprint density at radius 3 is 2.49 bits per heavy atom. The number of hydrogen-bond acceptors (Lipinski definition) is 10. The summed E-state index contributed by atoms with van der Waals surface area (Å²) < 4.78 is 25.4. The van der Waals surface area contributed by atoms with Crippen molar-refractivity contribution in [2.24, 2.45) is 0 Å². The van der Waals surface area contributed by atoms with Crippen molar-refractivity contribution in [2.75, 3.05) is 35.2 Å². The Labute approximate surface area is 228 Å². The van der Waals surface area contributed by atoms with Gasteiger partial charge in [-0.25, -0.2) is 28.1 Å². The highest BCUT2D eigenvalue weighted by molar-refractivity contribution is 7.95. The fraction of sp³-hybridized carbons (Fsp3) is 0.615. The van der Waals surface area contributed by atoms with E-state index in [-0.39, 0.29) is 29.2 Å². The van der Waals surface area contributed by atoms with E-state index < -0.39 is 14.6 Å². The molecule has 3 aliphatic rings. The van der Waals surface area contributed by atoms with E-state index >= 15 is 0 Å². The van der Waals surface area contributed by atoms with E-state index in [0.29, 0.717) is 32.6 Å². The van der Waals surface area contributed by atoms with Gasteiger partial charge in [0.25, 0.3) is 0 Å². The molecule has 2 fully saturated rings. The van der Waals surface area contributed by atoms with Gasteiger partial charge in [-0.15, -0.1) is 5.10 Å². The molecule has 0 N–H and O–H groups in total. The van der Waals surface area contributed by atoms with Crippen LogP contribution in [-0.4, -0.2) is 91.4 Å². The number of carbonyl (C=O) groups is 1. The van der Waals surface area contributed by atoms with Gasteiger partial charge in [-0.2, -0.15) is 0 Å². The molecule has 3 aromatic rings. The maximum absolute atomic E-state index is 13.4. The predicted octanol–water partition coefficient (Wildman–Crippen LogP) is 2.07. The van der Waals surface area contributed by atoms with E-state index in [0.717, 1.165) is 34.1 Å². The molecule has 0 radical (unpaired) electrons. The molecule has 1 unspecified atom stereocenters. The third-order valence-corrected chi connectivity index (χ3v) is 11.3. The van der Waals surface area contributed by atoms with Crippen molar-refractivity contribution in [3.05, 3.63) is 24.2 Å². The monoisotopic (exact) mass is 553 g/mol. The molecular formula is C26H35N9O3S. The fourth-order valence-electron chi connectivity index (χ4n) is 6.20. The van der Waals surface area contributed by atoms with Crippen LogP contribution in [0.1, 0.15) is 53.5 Å². The van der Waals surface area contributed by atoms with Gasteiger partial charge in [0.05, 0.1) is 17.5 Å². The van der Waals surface area contributed by atoms with Crippen LogP contribution < -0.4 is 9.80 Å². The maximum Gasteiger partial charge on any atom is 0.244 e. The van der Waals surface area contributed by atoms with E-state index in [1.54, 1.807) is 24.3 Å². The molecule has 12 nitrogen and oxygen atoms in total. The SMILES string of the molecule is CCn1nnc2cnc(N3CC(C)(C)c4c3ncnc4N3C[C@@H](C)N(C(=O)C4(C)CCS4(=O)=O)C[C@@H]3C)cc21. The van der Waals surface area contributed by atoms with Crippen molar-refractivity contribution in [1.29, 1.82) is 0 Å². The summed E-state index contributed by atoms with van der Waals surface area (Å²) in [5, 5.41) is 8.42. The van der Waals surface area contributed by atoms with Crippen LogP contribution in [0.5, 0.6) is 0 Å². The normalized spacial score (nSPS) is 27.5. The number of hydrogen-bond donors (Lipinski definition) is 0. The first-order chi connectivity index (χ1) is 18.4. The first kappa shape index (κ1) is 25.9. The van der Waals surface area contributed by atoms with Gasteiger partial charge < -0.3 is 14.7 Å². The van der Waals surface area contributed by atoms with Gasteiger partial charge in [-0.05, 0) is 34.1 Å². The molecule has 3 atom stereocenters. The predicted molar refractivity (Wildman–Crippen MR) is 148 cm³/mol. The molecule has 0 aromatic carbocycles. The van der Waals surface area contributed by atoms with Crippen molar-refractivity contribution >= 4 is 44.2 Å². The van der Waals surface area contributed by atoms with Crippen LogP contribution in [-0.2, 0) is 26.6 Å². The number of sulfone groups is 1. The van der Waals surface area contributed by atoms with Crippen LogP contribution in [0.2, 0.25) is 0 Å². The van der Waals surface area contributed by atoms with Crippen molar-refractivity contribution in [3.8, 4) is 0 Å². The number of aryl methyl sites for hydroxylation is 1. The lowest BCUT2D eigenvalue weighted by Gasteiger charge is -2.49. The van der Waals surface area contributed by atoms with Gasteiger partial charge in [-0.3, -0.25) is 4.79 Å². The summed E-state index contributed by atoms with van der Waals surface area (Å²) >= 11 is 0. The zero-order valence-electron chi connectivity index (χ0n) is 23.3. The molecule has 2 saturated heterocycles. The summed E-state index contributed by atoms with van der Waals surface area (Å²) in [6, 6.07) is 1.79. The average Bonchev–Trinajstić information content (AvgIpc) is 3.45. The van der Waals surface area contributed by atoms with E-state index in [4.69, 9.17) is 15.0 Å². The number of aromatic nitrogens is 6. The molecule has 13 heteroatoms. The Kier molecular flexibility index (Phi) is 5.69. The Morgan fingerprint density at radius 2 is 1.82 bits per heavy atom. The maximum atomic E-state index is 13.4. The van der Waals surface area contributed by atoms with Crippen LogP contribution >= 0.6 is 0 Å². The average molecular weight is 554 g/mol. The molecule has 39 heavy (non-hydrogen) atoms. The van der Waals surface area contributed by atoms with E-state index in [1.807, 2.05) is 24.6 Å². The minimum atomic E-state index is -3.39. The zero-order chi connectivity index (χ0) is 27.9. The minimum Gasteiger partial charge on any atom is -0.350 e. The second-order valence-corrected chi connectivity index (χ2v) is 14.4. The first-order valence-corrected chi connectivity index (χ1v) is 15.2. The Morgan fingerprint density at radius 1 is 1.08 bits per heavy atom. The Hall–Kier alpha value is -3.35. The lowest BCUT2D eigenvalue weighted by Crippen LogP contribution is -2.66. The highest BCUT2D eigenvalue weighted by Crippen LogP contribution is 2.47. The molecule has 3 aromatic heterocycles. The van der Waals surface area contributed by atoms with Gasteiger partial charge in [0.15, 0.2) is 9.84 Å². The first-order valence-electron chi connectivity index (χ1n) is 13.5. The van der Waals surface area contributed by atoms with Crippen molar-refractivity contribution in [1.82, 2.24) is 34.8 Å². The summed E-state index contributed by atoms with van der Waals surface area (Å²) in [4.78, 5) is 33.7. The molecule has 6 rings (SSSR count). The van der Waals surface area contributed by atoms with Crippen LogP contribution in [0.3, 0.4) is 0 Å². The minimum absolute atomic E-state index is 0.0557. The van der Waals surface area contributed by atoms with Crippen LogP contribution in [0, 0.1) is 0 Å². The second-order valence-electron chi connectivity index (χ2n) is 11.9. The number of carbonyl (C=O) groups excluding carboxylic acids is 1. The lowest BCUT2D eigenvalue weighted by atomic mass is 9.87. The van der Waals surface area contributed by atoms with E-state index in [1.165, 1.54) is 0 Å². The van der Waals surface area contributed by atoms with Crippen molar-refractivity contribution < 1.29 is 13.2 Å². The molecule has 0 saturated carbocycles. The number of fused-ring (bicyclic) bond motifs is 2. The van der Waals surface area contributed by atoms with Gasteiger partial charge in [-0.1, -0.05) is 19.1 Å². The third-order valence-electron chi connectivity index (χ3n) is 8.76. The number of anilines is 3.